The molecule has 5 heteroatoms. The van der Waals surface area contributed by atoms with E-state index in [4.69, 9.17) is 23.8 Å². The molecule has 0 saturated carbocycles. The van der Waals surface area contributed by atoms with Gasteiger partial charge in [0.15, 0.2) is 17.5 Å². The van der Waals surface area contributed by atoms with Gasteiger partial charge in [-0.15, -0.1) is 0 Å². The van der Waals surface area contributed by atoms with Gasteiger partial charge in [-0.2, -0.15) is 0 Å². The van der Waals surface area contributed by atoms with Crippen LogP contribution in [0.4, 0.5) is 0 Å². The summed E-state index contributed by atoms with van der Waals surface area (Å²) in [5, 5.41) is 6.48. The average Bonchev–Trinajstić information content (AvgIpc) is 3.73. The number of furan rings is 2. The predicted octanol–water partition coefficient (Wildman–Crippen LogP) is 11.5. The van der Waals surface area contributed by atoms with Gasteiger partial charge in [0.25, 0.3) is 0 Å². The summed E-state index contributed by atoms with van der Waals surface area (Å²) >= 11 is 0. The minimum Gasteiger partial charge on any atom is -0.456 e. The van der Waals surface area contributed by atoms with Crippen LogP contribution in [0.1, 0.15) is 0 Å². The van der Waals surface area contributed by atoms with Crippen molar-refractivity contribution in [3.8, 4) is 45.3 Å². The SMILES string of the molecule is c1ccc(-c2nc(-c3ccc4ccccc4c3)nc(-c3cccc4oc5cc(-c6cccc7c6oc6ccccc67)ccc5c34)n2)cc1. The average molecular weight is 616 g/mol. The van der Waals surface area contributed by atoms with Crippen molar-refractivity contribution in [1.82, 2.24) is 15.0 Å². The Kier molecular flexibility index (Phi) is 5.81. The van der Waals surface area contributed by atoms with Crippen LogP contribution >= 0.6 is 0 Å². The molecule has 3 heterocycles. The Balaban J connectivity index is 1.16. The Morgan fingerprint density at radius 1 is 0.354 bits per heavy atom. The molecule has 0 aliphatic carbocycles. The third-order valence-electron chi connectivity index (χ3n) is 9.13. The van der Waals surface area contributed by atoms with Gasteiger partial charge < -0.3 is 8.83 Å². The maximum absolute atomic E-state index is 6.52. The lowest BCUT2D eigenvalue weighted by Gasteiger charge is -2.10. The third kappa shape index (κ3) is 4.22. The molecule has 10 rings (SSSR count). The van der Waals surface area contributed by atoms with Gasteiger partial charge in [0, 0.05) is 43.8 Å². The van der Waals surface area contributed by atoms with E-state index >= 15 is 0 Å². The topological polar surface area (TPSA) is 65.0 Å². The van der Waals surface area contributed by atoms with Gasteiger partial charge in [0.2, 0.25) is 0 Å². The Morgan fingerprint density at radius 2 is 1.04 bits per heavy atom. The molecule has 48 heavy (non-hydrogen) atoms. The van der Waals surface area contributed by atoms with Crippen LogP contribution in [0.2, 0.25) is 0 Å². The molecule has 3 aromatic heterocycles. The fourth-order valence-corrected chi connectivity index (χ4v) is 6.82. The van der Waals surface area contributed by atoms with Gasteiger partial charge in [-0.05, 0) is 46.7 Å². The van der Waals surface area contributed by atoms with Crippen LogP contribution in [-0.2, 0) is 0 Å². The summed E-state index contributed by atoms with van der Waals surface area (Å²) in [6.45, 7) is 0. The van der Waals surface area contributed by atoms with Gasteiger partial charge in [0.1, 0.15) is 22.3 Å². The molecule has 0 radical (unpaired) electrons. The summed E-state index contributed by atoms with van der Waals surface area (Å²) in [7, 11) is 0. The number of hydrogen-bond donors (Lipinski definition) is 0. The van der Waals surface area contributed by atoms with Crippen molar-refractivity contribution >= 4 is 54.6 Å². The highest BCUT2D eigenvalue weighted by Crippen LogP contribution is 2.40. The van der Waals surface area contributed by atoms with E-state index in [-0.39, 0.29) is 0 Å². The van der Waals surface area contributed by atoms with Crippen LogP contribution in [0, 0.1) is 0 Å². The smallest absolute Gasteiger partial charge is 0.164 e. The minimum absolute atomic E-state index is 0.594. The molecule has 5 nitrogen and oxygen atoms in total. The summed E-state index contributed by atoms with van der Waals surface area (Å²) in [6.07, 6.45) is 0. The molecule has 0 unspecified atom stereocenters. The van der Waals surface area contributed by atoms with E-state index in [1.165, 1.54) is 5.39 Å². The maximum Gasteiger partial charge on any atom is 0.164 e. The zero-order valence-corrected chi connectivity index (χ0v) is 25.6. The highest BCUT2D eigenvalue weighted by atomic mass is 16.3. The largest absolute Gasteiger partial charge is 0.456 e. The second-order valence-electron chi connectivity index (χ2n) is 12.0. The van der Waals surface area contributed by atoms with Crippen molar-refractivity contribution in [2.45, 2.75) is 0 Å². The number of hydrogen-bond acceptors (Lipinski definition) is 5. The van der Waals surface area contributed by atoms with Crippen molar-refractivity contribution < 1.29 is 8.83 Å². The molecular weight excluding hydrogens is 590 g/mol. The van der Waals surface area contributed by atoms with Gasteiger partial charge in [-0.25, -0.2) is 15.0 Å². The van der Waals surface area contributed by atoms with E-state index in [2.05, 4.69) is 84.9 Å². The number of rotatable bonds is 4. The Hall–Kier alpha value is -6.59. The summed E-state index contributed by atoms with van der Waals surface area (Å²) in [4.78, 5) is 15.1. The molecule has 0 spiro atoms. The Bertz CT molecular complexity index is 2850. The standard InChI is InChI=1S/C43H25N3O2/c1-2-11-27(12-3-1)41-44-42(30-21-20-26-10-4-5-13-28(26)24-30)46-43(45-41)35-17-9-19-37-39(35)34-23-22-29(25-38(34)47-37)31-15-8-16-33-32-14-6-7-18-36(32)48-40(31)33/h1-25H. The molecule has 0 N–H and O–H groups in total. The van der Waals surface area contributed by atoms with E-state index in [0.29, 0.717) is 17.5 Å². The summed E-state index contributed by atoms with van der Waals surface area (Å²) < 4.78 is 12.9. The zero-order valence-electron chi connectivity index (χ0n) is 25.6. The van der Waals surface area contributed by atoms with Crippen LogP contribution in [0.25, 0.3) is 99.9 Å². The highest BCUT2D eigenvalue weighted by molar-refractivity contribution is 6.14. The molecule has 0 aliphatic heterocycles. The van der Waals surface area contributed by atoms with Crippen molar-refractivity contribution in [3.63, 3.8) is 0 Å². The van der Waals surface area contributed by atoms with Crippen molar-refractivity contribution in [2.75, 3.05) is 0 Å². The first kappa shape index (κ1) is 26.6. The molecule has 0 saturated heterocycles. The van der Waals surface area contributed by atoms with Crippen LogP contribution in [0.15, 0.2) is 160 Å². The van der Waals surface area contributed by atoms with Crippen LogP contribution < -0.4 is 0 Å². The Labute approximate surface area is 274 Å². The Morgan fingerprint density at radius 3 is 1.96 bits per heavy atom. The first-order valence-corrected chi connectivity index (χ1v) is 15.9. The van der Waals surface area contributed by atoms with Gasteiger partial charge in [-0.1, -0.05) is 121 Å². The third-order valence-corrected chi connectivity index (χ3v) is 9.13. The fourth-order valence-electron chi connectivity index (χ4n) is 6.82. The van der Waals surface area contributed by atoms with E-state index < -0.39 is 0 Å². The molecule has 7 aromatic carbocycles. The van der Waals surface area contributed by atoms with Crippen molar-refractivity contribution in [1.29, 1.82) is 0 Å². The summed E-state index contributed by atoms with van der Waals surface area (Å²) in [6, 6.07) is 51.6. The fraction of sp³-hybridized carbons (Fsp3) is 0. The molecule has 224 valence electrons. The van der Waals surface area contributed by atoms with Gasteiger partial charge in [0.05, 0.1) is 0 Å². The van der Waals surface area contributed by atoms with Crippen LogP contribution in [0.3, 0.4) is 0 Å². The second kappa shape index (κ2) is 10.5. The van der Waals surface area contributed by atoms with Crippen molar-refractivity contribution in [2.24, 2.45) is 0 Å². The number of benzene rings is 7. The van der Waals surface area contributed by atoms with E-state index in [9.17, 15) is 0 Å². The van der Waals surface area contributed by atoms with Crippen LogP contribution in [0.5, 0.6) is 0 Å². The maximum atomic E-state index is 6.52. The van der Waals surface area contributed by atoms with Crippen LogP contribution in [-0.4, -0.2) is 15.0 Å². The zero-order chi connectivity index (χ0) is 31.6. The highest BCUT2D eigenvalue weighted by Gasteiger charge is 2.19. The lowest BCUT2D eigenvalue weighted by atomic mass is 9.99. The molecule has 0 atom stereocenters. The molecule has 10 aromatic rings. The first-order valence-electron chi connectivity index (χ1n) is 15.9. The lowest BCUT2D eigenvalue weighted by Crippen LogP contribution is -2.00. The molecular formula is C43H25N3O2. The van der Waals surface area contributed by atoms with Gasteiger partial charge in [-0.3, -0.25) is 0 Å². The quantitative estimate of drug-likeness (QED) is 0.197. The minimum atomic E-state index is 0.594. The molecule has 0 aliphatic rings. The number of nitrogens with zero attached hydrogens (tertiary/aromatic N) is 3. The summed E-state index contributed by atoms with van der Waals surface area (Å²) in [5.74, 6) is 1.84. The van der Waals surface area contributed by atoms with Crippen molar-refractivity contribution in [3.05, 3.63) is 152 Å². The molecule has 0 bridgehead atoms. The van der Waals surface area contributed by atoms with Gasteiger partial charge >= 0.3 is 0 Å². The van der Waals surface area contributed by atoms with E-state index in [0.717, 1.165) is 77.1 Å². The number of para-hydroxylation sites is 2. The predicted molar refractivity (Wildman–Crippen MR) is 194 cm³/mol. The molecule has 0 amide bonds. The lowest BCUT2D eigenvalue weighted by molar-refractivity contribution is 0.668. The summed E-state index contributed by atoms with van der Waals surface area (Å²) in [5.41, 5.74) is 8.11. The number of aromatic nitrogens is 3. The van der Waals surface area contributed by atoms with E-state index in [1.807, 2.05) is 66.7 Å². The molecule has 0 fully saturated rings. The first-order chi connectivity index (χ1) is 23.8. The second-order valence-corrected chi connectivity index (χ2v) is 12.0. The number of fused-ring (bicyclic) bond motifs is 7. The normalized spacial score (nSPS) is 11.8. The van der Waals surface area contributed by atoms with E-state index in [1.54, 1.807) is 0 Å². The monoisotopic (exact) mass is 615 g/mol.